The predicted octanol–water partition coefficient (Wildman–Crippen LogP) is 2.11. The Kier molecular flexibility index (Phi) is 4.68. The number of methoxy groups -OCH3 is 1. The highest BCUT2D eigenvalue weighted by atomic mass is 16.5. The monoisotopic (exact) mass is 254 g/mol. The second-order valence-electron chi connectivity index (χ2n) is 6.53. The topological polar surface area (TPSA) is 38.5 Å². The summed E-state index contributed by atoms with van der Waals surface area (Å²) in [6.07, 6.45) is 6.96. The van der Waals surface area contributed by atoms with Crippen molar-refractivity contribution in [2.45, 2.75) is 44.6 Å². The lowest BCUT2D eigenvalue weighted by Crippen LogP contribution is -2.56. The maximum atomic E-state index is 6.03. The van der Waals surface area contributed by atoms with Gasteiger partial charge in [0.2, 0.25) is 0 Å². The number of rotatable bonds is 7. The fraction of sp³-hybridized carbons (Fsp3) is 1.00. The number of ether oxygens (including phenoxy) is 1. The Morgan fingerprint density at radius 1 is 1.33 bits per heavy atom. The van der Waals surface area contributed by atoms with Crippen LogP contribution in [0.25, 0.3) is 0 Å². The molecule has 4 atom stereocenters. The molecule has 0 radical (unpaired) electrons. The smallest absolute Gasteiger partial charge is 0.0658 e. The lowest BCUT2D eigenvalue weighted by Gasteiger charge is -2.42. The second-order valence-corrected chi connectivity index (χ2v) is 6.53. The Morgan fingerprint density at radius 2 is 2.11 bits per heavy atom. The molecule has 3 heteroatoms. The molecule has 0 aromatic heterocycles. The van der Waals surface area contributed by atoms with Gasteiger partial charge in [-0.15, -0.1) is 0 Å². The number of fused-ring (bicyclic) bond motifs is 2. The first-order chi connectivity index (χ1) is 8.65. The highest BCUT2D eigenvalue weighted by molar-refractivity contribution is 4.95. The van der Waals surface area contributed by atoms with Gasteiger partial charge in [-0.05, 0) is 50.5 Å². The van der Waals surface area contributed by atoms with Crippen molar-refractivity contribution in [3.8, 4) is 0 Å². The number of hydrogen-bond donors (Lipinski definition) is 1. The van der Waals surface area contributed by atoms with Gasteiger partial charge in [0, 0.05) is 20.2 Å². The molecular formula is C15H30N2O. The zero-order valence-electron chi connectivity index (χ0n) is 12.3. The molecule has 2 saturated carbocycles. The number of likely N-dealkylation sites (N-methyl/N-ethyl adjacent to an activating group) is 1. The number of nitrogens with two attached hydrogens (primary N) is 1. The van der Waals surface area contributed by atoms with E-state index in [4.69, 9.17) is 10.5 Å². The van der Waals surface area contributed by atoms with Gasteiger partial charge in [0.25, 0.3) is 0 Å². The molecular weight excluding hydrogens is 224 g/mol. The van der Waals surface area contributed by atoms with Crippen LogP contribution in [0.4, 0.5) is 0 Å². The van der Waals surface area contributed by atoms with Crippen molar-refractivity contribution in [2.24, 2.45) is 23.5 Å². The molecule has 2 aliphatic rings. The summed E-state index contributed by atoms with van der Waals surface area (Å²) in [5.74, 6) is 2.93. The summed E-state index contributed by atoms with van der Waals surface area (Å²) in [6.45, 7) is 4.87. The molecule has 0 aliphatic heterocycles. The summed E-state index contributed by atoms with van der Waals surface area (Å²) < 4.78 is 5.42. The maximum absolute atomic E-state index is 6.03. The molecule has 2 rings (SSSR count). The van der Waals surface area contributed by atoms with Crippen LogP contribution in [-0.2, 0) is 4.74 Å². The standard InChI is InChI=1S/C15H30N2O/c1-4-15(10-16,11-18-3)17(2)9-14-8-12-5-6-13(14)7-12/h12-14H,4-11,16H2,1-3H3. The van der Waals surface area contributed by atoms with Gasteiger partial charge in [-0.1, -0.05) is 13.3 Å². The minimum Gasteiger partial charge on any atom is -0.383 e. The summed E-state index contributed by atoms with van der Waals surface area (Å²) in [6, 6.07) is 0. The summed E-state index contributed by atoms with van der Waals surface area (Å²) in [7, 11) is 4.02. The maximum Gasteiger partial charge on any atom is 0.0658 e. The van der Waals surface area contributed by atoms with Gasteiger partial charge in [0.05, 0.1) is 12.1 Å². The first kappa shape index (κ1) is 14.3. The molecule has 2 bridgehead atoms. The van der Waals surface area contributed by atoms with Crippen LogP contribution in [0, 0.1) is 17.8 Å². The van der Waals surface area contributed by atoms with Crippen LogP contribution in [0.3, 0.4) is 0 Å². The van der Waals surface area contributed by atoms with Gasteiger partial charge >= 0.3 is 0 Å². The van der Waals surface area contributed by atoms with Gasteiger partial charge in [0.1, 0.15) is 0 Å². The van der Waals surface area contributed by atoms with E-state index in [1.54, 1.807) is 7.11 Å². The molecule has 0 aromatic carbocycles. The largest absolute Gasteiger partial charge is 0.383 e. The Hall–Kier alpha value is -0.120. The minimum absolute atomic E-state index is 0.0383. The molecule has 0 amide bonds. The van der Waals surface area contributed by atoms with Crippen molar-refractivity contribution in [1.82, 2.24) is 4.90 Å². The number of hydrogen-bond acceptors (Lipinski definition) is 3. The predicted molar refractivity (Wildman–Crippen MR) is 75.5 cm³/mol. The average Bonchev–Trinajstić information content (AvgIpc) is 2.98. The quantitative estimate of drug-likeness (QED) is 0.756. The summed E-state index contributed by atoms with van der Waals surface area (Å²) >= 11 is 0. The average molecular weight is 254 g/mol. The van der Waals surface area contributed by atoms with Crippen molar-refractivity contribution >= 4 is 0 Å². The fourth-order valence-corrected chi connectivity index (χ4v) is 4.26. The summed E-state index contributed by atoms with van der Waals surface area (Å²) in [5, 5.41) is 0. The Labute approximate surface area is 112 Å². The van der Waals surface area contributed by atoms with Crippen LogP contribution >= 0.6 is 0 Å². The molecule has 0 heterocycles. The van der Waals surface area contributed by atoms with Crippen LogP contribution in [0.5, 0.6) is 0 Å². The molecule has 2 aliphatic carbocycles. The van der Waals surface area contributed by atoms with E-state index < -0.39 is 0 Å². The Balaban J connectivity index is 1.94. The van der Waals surface area contributed by atoms with Crippen LogP contribution in [-0.4, -0.2) is 44.3 Å². The van der Waals surface area contributed by atoms with Crippen LogP contribution in [0.15, 0.2) is 0 Å². The van der Waals surface area contributed by atoms with Crippen molar-refractivity contribution in [3.63, 3.8) is 0 Å². The summed E-state index contributed by atoms with van der Waals surface area (Å²) in [5.41, 5.74) is 6.07. The van der Waals surface area contributed by atoms with Crippen molar-refractivity contribution < 1.29 is 4.74 Å². The van der Waals surface area contributed by atoms with E-state index in [0.29, 0.717) is 6.54 Å². The van der Waals surface area contributed by atoms with Gasteiger partial charge in [-0.25, -0.2) is 0 Å². The lowest BCUT2D eigenvalue weighted by atomic mass is 9.86. The van der Waals surface area contributed by atoms with E-state index in [1.165, 1.54) is 32.2 Å². The minimum atomic E-state index is 0.0383. The zero-order valence-corrected chi connectivity index (χ0v) is 12.3. The lowest BCUT2D eigenvalue weighted by molar-refractivity contribution is 0.0144. The third-order valence-corrected chi connectivity index (χ3v) is 5.65. The number of nitrogens with zero attached hydrogens (tertiary/aromatic N) is 1. The van der Waals surface area contributed by atoms with Crippen LogP contribution in [0.1, 0.15) is 39.0 Å². The van der Waals surface area contributed by atoms with Crippen LogP contribution < -0.4 is 5.73 Å². The summed E-state index contributed by atoms with van der Waals surface area (Å²) in [4.78, 5) is 2.49. The second kappa shape index (κ2) is 5.89. The SMILES string of the molecule is CCC(CN)(COC)N(C)CC1CC2CCC1C2. The van der Waals surface area contributed by atoms with E-state index in [1.807, 2.05) is 0 Å². The molecule has 4 unspecified atom stereocenters. The van der Waals surface area contributed by atoms with E-state index in [-0.39, 0.29) is 5.54 Å². The molecule has 106 valence electrons. The Morgan fingerprint density at radius 3 is 2.56 bits per heavy atom. The highest BCUT2D eigenvalue weighted by Crippen LogP contribution is 2.48. The van der Waals surface area contributed by atoms with Gasteiger partial charge in [-0.3, -0.25) is 4.90 Å². The molecule has 0 saturated heterocycles. The molecule has 18 heavy (non-hydrogen) atoms. The molecule has 0 spiro atoms. The molecule has 3 nitrogen and oxygen atoms in total. The first-order valence-corrected chi connectivity index (χ1v) is 7.55. The fourth-order valence-electron chi connectivity index (χ4n) is 4.26. The first-order valence-electron chi connectivity index (χ1n) is 7.55. The third-order valence-electron chi connectivity index (χ3n) is 5.65. The van der Waals surface area contributed by atoms with Gasteiger partial charge in [0.15, 0.2) is 0 Å². The molecule has 2 N–H and O–H groups in total. The highest BCUT2D eigenvalue weighted by Gasteiger charge is 2.42. The molecule has 0 aromatic rings. The van der Waals surface area contributed by atoms with Crippen molar-refractivity contribution in [3.05, 3.63) is 0 Å². The molecule has 2 fully saturated rings. The normalized spacial score (nSPS) is 34.2. The van der Waals surface area contributed by atoms with E-state index in [2.05, 4.69) is 18.9 Å². The van der Waals surface area contributed by atoms with Crippen LogP contribution in [0.2, 0.25) is 0 Å². The van der Waals surface area contributed by atoms with Gasteiger partial charge in [-0.2, -0.15) is 0 Å². The van der Waals surface area contributed by atoms with E-state index in [9.17, 15) is 0 Å². The van der Waals surface area contributed by atoms with Gasteiger partial charge < -0.3 is 10.5 Å². The zero-order chi connectivity index (χ0) is 13.2. The van der Waals surface area contributed by atoms with Crippen molar-refractivity contribution in [2.75, 3.05) is 33.9 Å². The Bertz CT molecular complexity index is 265. The van der Waals surface area contributed by atoms with E-state index >= 15 is 0 Å². The third kappa shape index (κ3) is 2.59. The van der Waals surface area contributed by atoms with E-state index in [0.717, 1.165) is 30.8 Å². The van der Waals surface area contributed by atoms with Crippen molar-refractivity contribution in [1.29, 1.82) is 0 Å².